The highest BCUT2D eigenvalue weighted by atomic mass is 32.2. The van der Waals surface area contributed by atoms with E-state index < -0.39 is 27.7 Å². The molecule has 1 spiro atoms. The molecular weight excluding hydrogens is 572 g/mol. The number of methoxy groups -OCH3 is 1. The number of piperazine rings is 1. The predicted octanol–water partition coefficient (Wildman–Crippen LogP) is 3.34. The van der Waals surface area contributed by atoms with Gasteiger partial charge in [0, 0.05) is 32.2 Å². The van der Waals surface area contributed by atoms with E-state index in [1.165, 1.54) is 7.11 Å². The maximum Gasteiger partial charge on any atom is 0.248 e. The van der Waals surface area contributed by atoms with Crippen LogP contribution < -0.4 is 19.5 Å². The van der Waals surface area contributed by atoms with Crippen molar-refractivity contribution in [2.24, 2.45) is 5.92 Å². The molecule has 2 amide bonds. The lowest BCUT2D eigenvalue weighted by Gasteiger charge is -2.52. The number of hydrogen-bond acceptors (Lipinski definition) is 8. The zero-order valence-corrected chi connectivity index (χ0v) is 26.4. The Morgan fingerprint density at radius 1 is 1.09 bits per heavy atom. The fraction of sp³-hybridized carbons (Fsp3) is 0.548. The Morgan fingerprint density at radius 2 is 1.77 bits per heavy atom. The number of nitrogens with one attached hydrogen (secondary N) is 2. The van der Waals surface area contributed by atoms with Crippen LogP contribution in [0.5, 0.6) is 17.2 Å². The molecule has 4 rings (SSSR count). The number of benzene rings is 2. The van der Waals surface area contributed by atoms with Crippen molar-refractivity contribution in [3.8, 4) is 17.2 Å². The van der Waals surface area contributed by atoms with E-state index in [0.29, 0.717) is 62.0 Å². The number of carbonyl (C=O) groups excluding carboxylic acids is 2. The zero-order chi connectivity index (χ0) is 31.4. The van der Waals surface area contributed by atoms with Gasteiger partial charge in [0.1, 0.15) is 17.3 Å². The number of hydrogen-bond donors (Lipinski definition) is 3. The number of sulfonamides is 1. The number of aliphatic hydroxyl groups is 1. The molecule has 2 aliphatic heterocycles. The lowest BCUT2D eigenvalue weighted by atomic mass is 9.80. The molecule has 0 saturated carbocycles. The minimum atomic E-state index is -3.42. The molecule has 2 saturated heterocycles. The molecule has 3 N–H and O–H groups in total. The Bertz CT molecular complexity index is 1390. The van der Waals surface area contributed by atoms with Crippen molar-refractivity contribution >= 4 is 27.5 Å². The van der Waals surface area contributed by atoms with Crippen LogP contribution in [0.1, 0.15) is 52.0 Å². The van der Waals surface area contributed by atoms with Crippen LogP contribution in [0.25, 0.3) is 0 Å². The maximum atomic E-state index is 13.5. The Balaban J connectivity index is 1.39. The number of likely N-dealkylation sites (tertiary alicyclic amines) is 1. The van der Waals surface area contributed by atoms with Gasteiger partial charge in [-0.2, -0.15) is 0 Å². The standard InChI is InChI=1S/C31H44N4O7S/c1-6-7-16-35-29(37)27(28(36)21(2)3)32-30(38)31(35)14-17-34(18-15-31)20-22-8-11-24(12-9-22)42-25-13-10-23(19-26(25)41-4)33-43(5,39)40/h8-13,19,21,27-28,33,36H,6-7,14-18,20H2,1-5H3,(H,32,38)/t27-,28-/m1/s1. The van der Waals surface area contributed by atoms with Gasteiger partial charge in [0.2, 0.25) is 21.8 Å². The van der Waals surface area contributed by atoms with Crippen LogP contribution in [-0.2, 0) is 26.2 Å². The topological polar surface area (TPSA) is 138 Å². The molecule has 2 fully saturated rings. The van der Waals surface area contributed by atoms with Gasteiger partial charge in [-0.3, -0.25) is 19.2 Å². The van der Waals surface area contributed by atoms with E-state index in [9.17, 15) is 23.1 Å². The second-order valence-electron chi connectivity index (χ2n) is 11.8. The van der Waals surface area contributed by atoms with Crippen LogP contribution in [-0.4, -0.2) is 85.8 Å². The van der Waals surface area contributed by atoms with Crippen LogP contribution >= 0.6 is 0 Å². The molecule has 43 heavy (non-hydrogen) atoms. The average molecular weight is 617 g/mol. The molecule has 2 aromatic rings. The minimum Gasteiger partial charge on any atom is -0.493 e. The van der Waals surface area contributed by atoms with Gasteiger partial charge < -0.3 is 24.8 Å². The molecule has 0 aromatic heterocycles. The van der Waals surface area contributed by atoms with Gasteiger partial charge in [-0.15, -0.1) is 0 Å². The molecule has 0 unspecified atom stereocenters. The fourth-order valence-electron chi connectivity index (χ4n) is 5.75. The van der Waals surface area contributed by atoms with E-state index >= 15 is 0 Å². The first-order valence-corrected chi connectivity index (χ1v) is 16.7. The summed E-state index contributed by atoms with van der Waals surface area (Å²) in [4.78, 5) is 31.1. The molecule has 2 aromatic carbocycles. The zero-order valence-electron chi connectivity index (χ0n) is 25.6. The second kappa shape index (κ2) is 13.5. The van der Waals surface area contributed by atoms with Crippen molar-refractivity contribution in [2.75, 3.05) is 37.7 Å². The maximum absolute atomic E-state index is 13.5. The monoisotopic (exact) mass is 616 g/mol. The molecule has 2 heterocycles. The van der Waals surface area contributed by atoms with Gasteiger partial charge in [0.05, 0.1) is 25.2 Å². The van der Waals surface area contributed by atoms with Gasteiger partial charge in [-0.1, -0.05) is 39.3 Å². The number of piperidine rings is 1. The quantitative estimate of drug-likeness (QED) is 0.330. The van der Waals surface area contributed by atoms with E-state index in [-0.39, 0.29) is 17.7 Å². The van der Waals surface area contributed by atoms with Gasteiger partial charge in [0.25, 0.3) is 0 Å². The molecule has 11 nitrogen and oxygen atoms in total. The molecule has 12 heteroatoms. The van der Waals surface area contributed by atoms with Crippen LogP contribution in [0.4, 0.5) is 5.69 Å². The summed E-state index contributed by atoms with van der Waals surface area (Å²) in [6.07, 6.45) is 2.93. The lowest BCUT2D eigenvalue weighted by Crippen LogP contribution is -2.74. The third-order valence-electron chi connectivity index (χ3n) is 8.23. The lowest BCUT2D eigenvalue weighted by molar-refractivity contribution is -0.165. The van der Waals surface area contributed by atoms with Crippen molar-refractivity contribution in [2.45, 2.75) is 70.7 Å². The highest BCUT2D eigenvalue weighted by molar-refractivity contribution is 7.92. The first-order chi connectivity index (χ1) is 20.4. The van der Waals surface area contributed by atoms with Crippen molar-refractivity contribution in [3.05, 3.63) is 48.0 Å². The molecule has 0 radical (unpaired) electrons. The van der Waals surface area contributed by atoms with Gasteiger partial charge in [-0.25, -0.2) is 8.42 Å². The highest BCUT2D eigenvalue weighted by Gasteiger charge is 2.54. The summed E-state index contributed by atoms with van der Waals surface area (Å²) in [7, 11) is -1.93. The predicted molar refractivity (Wildman–Crippen MR) is 165 cm³/mol. The Labute approximate surface area is 254 Å². The minimum absolute atomic E-state index is 0.151. The summed E-state index contributed by atoms with van der Waals surface area (Å²) >= 11 is 0. The number of unbranched alkanes of at least 4 members (excludes halogenated alkanes) is 1. The smallest absolute Gasteiger partial charge is 0.248 e. The van der Waals surface area contributed by atoms with Crippen LogP contribution in [0, 0.1) is 5.92 Å². The number of anilines is 1. The Morgan fingerprint density at radius 3 is 2.35 bits per heavy atom. The van der Waals surface area contributed by atoms with Crippen molar-refractivity contribution < 1.29 is 32.6 Å². The molecule has 2 aliphatic rings. The number of rotatable bonds is 12. The van der Waals surface area contributed by atoms with Crippen LogP contribution in [0.15, 0.2) is 42.5 Å². The summed E-state index contributed by atoms with van der Waals surface area (Å²) < 4.78 is 36.9. The summed E-state index contributed by atoms with van der Waals surface area (Å²) in [5, 5.41) is 13.5. The number of amides is 2. The fourth-order valence-corrected chi connectivity index (χ4v) is 6.31. The molecule has 236 valence electrons. The number of carbonyl (C=O) groups is 2. The second-order valence-corrected chi connectivity index (χ2v) is 13.6. The highest BCUT2D eigenvalue weighted by Crippen LogP contribution is 2.36. The number of aliphatic hydroxyl groups excluding tert-OH is 1. The molecule has 0 bridgehead atoms. The number of nitrogens with zero attached hydrogens (tertiary/aromatic N) is 2. The first-order valence-electron chi connectivity index (χ1n) is 14.8. The largest absolute Gasteiger partial charge is 0.493 e. The van der Waals surface area contributed by atoms with Gasteiger partial charge >= 0.3 is 0 Å². The van der Waals surface area contributed by atoms with Crippen LogP contribution in [0.3, 0.4) is 0 Å². The summed E-state index contributed by atoms with van der Waals surface area (Å²) in [6, 6.07) is 11.6. The summed E-state index contributed by atoms with van der Waals surface area (Å²) in [5.74, 6) is 0.947. The third kappa shape index (κ3) is 7.60. The Kier molecular flexibility index (Phi) is 10.2. The van der Waals surface area contributed by atoms with E-state index in [0.717, 1.165) is 24.7 Å². The number of ether oxygens (including phenoxy) is 2. The third-order valence-corrected chi connectivity index (χ3v) is 8.83. The average Bonchev–Trinajstić information content (AvgIpc) is 2.96. The van der Waals surface area contributed by atoms with Gasteiger partial charge in [0.15, 0.2) is 11.5 Å². The normalized spacial score (nSPS) is 19.8. The van der Waals surface area contributed by atoms with E-state index in [1.54, 1.807) is 23.1 Å². The van der Waals surface area contributed by atoms with E-state index in [2.05, 4.69) is 21.9 Å². The molecular formula is C31H44N4O7S. The van der Waals surface area contributed by atoms with Gasteiger partial charge in [-0.05, 0) is 55.0 Å². The van der Waals surface area contributed by atoms with Crippen molar-refractivity contribution in [3.63, 3.8) is 0 Å². The van der Waals surface area contributed by atoms with Crippen LogP contribution in [0.2, 0.25) is 0 Å². The van der Waals surface area contributed by atoms with Crippen molar-refractivity contribution in [1.82, 2.24) is 15.1 Å². The van der Waals surface area contributed by atoms with E-state index in [1.807, 2.05) is 38.1 Å². The van der Waals surface area contributed by atoms with E-state index in [4.69, 9.17) is 9.47 Å². The first kappa shape index (κ1) is 32.6. The SMILES string of the molecule is CCCCN1C(=O)[C@@H]([C@H](O)C(C)C)NC(=O)C12CCN(Cc1ccc(Oc3ccc(NS(C)(=O)=O)cc3OC)cc1)CC2. The summed E-state index contributed by atoms with van der Waals surface area (Å²) in [6.45, 7) is 8.26. The molecule has 0 aliphatic carbocycles. The summed E-state index contributed by atoms with van der Waals surface area (Å²) in [5.41, 5.74) is 0.566. The molecule has 2 atom stereocenters. The Hall–Kier alpha value is -3.35. The van der Waals surface area contributed by atoms with Crippen molar-refractivity contribution in [1.29, 1.82) is 0 Å².